The number of aliphatic hydroxyl groups is 1. The molecule has 1 atom stereocenters. The molecule has 6 nitrogen and oxygen atoms in total. The molecule has 174 valence electrons. The number of guanidine groups is 1. The summed E-state index contributed by atoms with van der Waals surface area (Å²) >= 11 is 0. The second-order valence-corrected chi connectivity index (χ2v) is 7.10. The first-order valence-corrected chi connectivity index (χ1v) is 9.83. The van der Waals surface area contributed by atoms with Crippen LogP contribution in [0.4, 0.5) is 13.2 Å². The fourth-order valence-corrected chi connectivity index (χ4v) is 2.61. The molecule has 1 aromatic carbocycles. The van der Waals surface area contributed by atoms with E-state index in [0.29, 0.717) is 32.0 Å². The fourth-order valence-electron chi connectivity index (χ4n) is 2.61. The number of nitrogens with zero attached hydrogens (tertiary/aromatic N) is 2. The lowest BCUT2D eigenvalue weighted by Gasteiger charge is -2.19. The third-order valence-corrected chi connectivity index (χ3v) is 3.86. The average molecular weight is 546 g/mol. The van der Waals surface area contributed by atoms with Crippen LogP contribution in [-0.4, -0.2) is 68.0 Å². The molecule has 1 aromatic rings. The highest BCUT2D eigenvalue weighted by Crippen LogP contribution is 2.19. The second-order valence-electron chi connectivity index (χ2n) is 7.10. The number of rotatable bonds is 11. The number of aliphatic imine (C=N–C) groups is 1. The zero-order chi connectivity index (χ0) is 21.9. The SMILES string of the molecule is CCNC(=NCC(O)c1ccc(OC(C)C)cc1)NCCCN(C)CC(F)(F)F.I. The van der Waals surface area contributed by atoms with E-state index in [9.17, 15) is 18.3 Å². The van der Waals surface area contributed by atoms with E-state index in [4.69, 9.17) is 4.74 Å². The van der Waals surface area contributed by atoms with Crippen molar-refractivity contribution in [3.05, 3.63) is 29.8 Å². The van der Waals surface area contributed by atoms with Gasteiger partial charge in [-0.2, -0.15) is 13.2 Å². The molecule has 0 spiro atoms. The Balaban J connectivity index is 0.00000841. The van der Waals surface area contributed by atoms with Crippen molar-refractivity contribution in [1.29, 1.82) is 0 Å². The number of hydrogen-bond donors (Lipinski definition) is 3. The minimum Gasteiger partial charge on any atom is -0.491 e. The van der Waals surface area contributed by atoms with E-state index in [0.717, 1.165) is 11.3 Å². The van der Waals surface area contributed by atoms with Crippen molar-refractivity contribution in [2.24, 2.45) is 4.99 Å². The molecule has 30 heavy (non-hydrogen) atoms. The molecule has 0 aliphatic heterocycles. The van der Waals surface area contributed by atoms with Crippen LogP contribution in [0.5, 0.6) is 5.75 Å². The Morgan fingerprint density at radius 3 is 2.37 bits per heavy atom. The Labute approximate surface area is 194 Å². The maximum atomic E-state index is 12.3. The Morgan fingerprint density at radius 1 is 1.20 bits per heavy atom. The first-order chi connectivity index (χ1) is 13.6. The molecular weight excluding hydrogens is 512 g/mol. The van der Waals surface area contributed by atoms with Crippen molar-refractivity contribution in [1.82, 2.24) is 15.5 Å². The van der Waals surface area contributed by atoms with Crippen LogP contribution in [0.25, 0.3) is 0 Å². The van der Waals surface area contributed by atoms with Gasteiger partial charge in [0.2, 0.25) is 0 Å². The molecule has 1 rings (SSSR count). The number of hydrogen-bond acceptors (Lipinski definition) is 4. The Hall–Kier alpha value is -1.27. The van der Waals surface area contributed by atoms with E-state index in [1.165, 1.54) is 11.9 Å². The van der Waals surface area contributed by atoms with Crippen LogP contribution in [0.15, 0.2) is 29.3 Å². The predicted molar refractivity (Wildman–Crippen MR) is 125 cm³/mol. The summed E-state index contributed by atoms with van der Waals surface area (Å²) in [6, 6.07) is 7.22. The minimum absolute atomic E-state index is 0. The second kappa shape index (κ2) is 14.7. The summed E-state index contributed by atoms with van der Waals surface area (Å²) in [5.41, 5.74) is 0.731. The molecule has 0 aliphatic rings. The summed E-state index contributed by atoms with van der Waals surface area (Å²) in [5.74, 6) is 1.26. The van der Waals surface area contributed by atoms with Crippen molar-refractivity contribution in [2.45, 2.75) is 45.6 Å². The van der Waals surface area contributed by atoms with Gasteiger partial charge in [-0.25, -0.2) is 0 Å². The van der Waals surface area contributed by atoms with Gasteiger partial charge in [0, 0.05) is 13.1 Å². The molecule has 10 heteroatoms. The van der Waals surface area contributed by atoms with Crippen LogP contribution in [0.3, 0.4) is 0 Å². The van der Waals surface area contributed by atoms with Gasteiger partial charge in [0.15, 0.2) is 5.96 Å². The normalized spacial score (nSPS) is 13.2. The van der Waals surface area contributed by atoms with Gasteiger partial charge in [-0.3, -0.25) is 9.89 Å². The highest BCUT2D eigenvalue weighted by molar-refractivity contribution is 14.0. The number of halogens is 4. The molecule has 3 N–H and O–H groups in total. The molecule has 0 saturated heterocycles. The maximum absolute atomic E-state index is 12.3. The lowest BCUT2D eigenvalue weighted by atomic mass is 10.1. The molecule has 0 aromatic heterocycles. The van der Waals surface area contributed by atoms with E-state index in [1.807, 2.05) is 32.9 Å². The molecule has 1 unspecified atom stereocenters. The van der Waals surface area contributed by atoms with Crippen LogP contribution < -0.4 is 15.4 Å². The van der Waals surface area contributed by atoms with Gasteiger partial charge in [-0.15, -0.1) is 24.0 Å². The molecule has 0 bridgehead atoms. The van der Waals surface area contributed by atoms with E-state index in [-0.39, 0.29) is 36.6 Å². The van der Waals surface area contributed by atoms with Crippen molar-refractivity contribution in [2.75, 3.05) is 39.8 Å². The van der Waals surface area contributed by atoms with E-state index in [1.54, 1.807) is 12.1 Å². The monoisotopic (exact) mass is 546 g/mol. The summed E-state index contributed by atoms with van der Waals surface area (Å²) in [6.45, 7) is 6.48. The number of benzene rings is 1. The van der Waals surface area contributed by atoms with Crippen molar-refractivity contribution < 1.29 is 23.0 Å². The zero-order valence-corrected chi connectivity index (χ0v) is 20.3. The molecule has 0 fully saturated rings. The molecular formula is C20H34F3IN4O2. The van der Waals surface area contributed by atoms with Gasteiger partial charge < -0.3 is 20.5 Å². The first kappa shape index (κ1) is 28.7. The van der Waals surface area contributed by atoms with Gasteiger partial charge in [0.1, 0.15) is 5.75 Å². The molecule has 0 heterocycles. The quantitative estimate of drug-likeness (QED) is 0.172. The zero-order valence-electron chi connectivity index (χ0n) is 18.0. The lowest BCUT2D eigenvalue weighted by Crippen LogP contribution is -2.39. The largest absolute Gasteiger partial charge is 0.491 e. The molecule has 0 radical (unpaired) electrons. The van der Waals surface area contributed by atoms with Gasteiger partial charge in [0.05, 0.1) is 25.3 Å². The lowest BCUT2D eigenvalue weighted by molar-refractivity contribution is -0.143. The van der Waals surface area contributed by atoms with Crippen LogP contribution in [0.2, 0.25) is 0 Å². The summed E-state index contributed by atoms with van der Waals surface area (Å²) < 4.78 is 42.5. The van der Waals surface area contributed by atoms with E-state index < -0.39 is 18.8 Å². The van der Waals surface area contributed by atoms with Crippen molar-refractivity contribution in [3.8, 4) is 5.75 Å². The summed E-state index contributed by atoms with van der Waals surface area (Å²) in [5, 5.41) is 16.5. The Kier molecular flexibility index (Phi) is 14.1. The third kappa shape index (κ3) is 13.1. The van der Waals surface area contributed by atoms with Gasteiger partial charge in [0.25, 0.3) is 0 Å². The average Bonchev–Trinajstić information content (AvgIpc) is 2.61. The standard InChI is InChI=1S/C20H33F3N4O2.HI/c1-5-24-19(25-11-6-12-27(4)14-20(21,22)23)26-13-18(28)16-7-9-17(10-8-16)29-15(2)3;/h7-10,15,18,28H,5-6,11-14H2,1-4H3,(H2,24,25,26);1H. The Morgan fingerprint density at radius 2 is 1.83 bits per heavy atom. The smallest absolute Gasteiger partial charge is 0.401 e. The molecule has 0 amide bonds. The number of nitrogens with one attached hydrogen (secondary N) is 2. The maximum Gasteiger partial charge on any atom is 0.401 e. The molecule has 0 aliphatic carbocycles. The fraction of sp³-hybridized carbons (Fsp3) is 0.650. The predicted octanol–water partition coefficient (Wildman–Crippen LogP) is 3.56. The van der Waals surface area contributed by atoms with Crippen LogP contribution in [-0.2, 0) is 0 Å². The van der Waals surface area contributed by atoms with Gasteiger partial charge >= 0.3 is 6.18 Å². The van der Waals surface area contributed by atoms with Crippen LogP contribution in [0.1, 0.15) is 38.9 Å². The van der Waals surface area contributed by atoms with E-state index in [2.05, 4.69) is 15.6 Å². The minimum atomic E-state index is -4.19. The van der Waals surface area contributed by atoms with E-state index >= 15 is 0 Å². The summed E-state index contributed by atoms with van der Waals surface area (Å²) in [7, 11) is 1.45. The highest BCUT2D eigenvalue weighted by Gasteiger charge is 2.28. The third-order valence-electron chi connectivity index (χ3n) is 3.86. The Bertz CT molecular complexity index is 613. The van der Waals surface area contributed by atoms with Crippen LogP contribution >= 0.6 is 24.0 Å². The molecule has 0 saturated carbocycles. The highest BCUT2D eigenvalue weighted by atomic mass is 127. The summed E-state index contributed by atoms with van der Waals surface area (Å²) in [6.07, 6.45) is -4.33. The summed E-state index contributed by atoms with van der Waals surface area (Å²) in [4.78, 5) is 5.59. The number of aliphatic hydroxyl groups excluding tert-OH is 1. The van der Waals surface area contributed by atoms with Gasteiger partial charge in [-0.05, 0) is 58.5 Å². The first-order valence-electron chi connectivity index (χ1n) is 9.83. The number of ether oxygens (including phenoxy) is 1. The van der Waals surface area contributed by atoms with Crippen LogP contribution in [0, 0.1) is 0 Å². The topological polar surface area (TPSA) is 69.1 Å². The van der Waals surface area contributed by atoms with Gasteiger partial charge in [-0.1, -0.05) is 12.1 Å². The number of alkyl halides is 3. The van der Waals surface area contributed by atoms with Crippen molar-refractivity contribution >= 4 is 29.9 Å². The van der Waals surface area contributed by atoms with Crippen molar-refractivity contribution in [3.63, 3.8) is 0 Å².